The van der Waals surface area contributed by atoms with E-state index < -0.39 is 0 Å². The largest absolute Gasteiger partial charge is 0.393 e. The van der Waals surface area contributed by atoms with Crippen LogP contribution in [0.15, 0.2) is 0 Å². The van der Waals surface area contributed by atoms with Gasteiger partial charge in [0.15, 0.2) is 0 Å². The van der Waals surface area contributed by atoms with Gasteiger partial charge in [-0.15, -0.1) is 0 Å². The molecule has 3 N–H and O–H groups in total. The average Bonchev–Trinajstić information content (AvgIpc) is 3.01. The highest BCUT2D eigenvalue weighted by Crippen LogP contribution is 2.24. The standard InChI is InChI=1S/C16H28N2O3/c19-14-7-5-12(6-8-14)11-18-15(20)9-10-17-16(21)13-3-1-2-4-13/h12-14,19H,1-11H2,(H,17,21)(H,18,20). The van der Waals surface area contributed by atoms with Crippen LogP contribution in [0.1, 0.15) is 57.8 Å². The Morgan fingerprint density at radius 2 is 1.62 bits per heavy atom. The summed E-state index contributed by atoms with van der Waals surface area (Å²) in [7, 11) is 0. The third-order valence-electron chi connectivity index (χ3n) is 4.78. The van der Waals surface area contributed by atoms with Crippen molar-refractivity contribution in [3.05, 3.63) is 0 Å². The average molecular weight is 296 g/mol. The van der Waals surface area contributed by atoms with Gasteiger partial charge in [-0.25, -0.2) is 0 Å². The summed E-state index contributed by atoms with van der Waals surface area (Å²) in [5.74, 6) is 0.779. The molecule has 2 fully saturated rings. The fraction of sp³-hybridized carbons (Fsp3) is 0.875. The summed E-state index contributed by atoms with van der Waals surface area (Å²) < 4.78 is 0. The molecule has 2 aliphatic carbocycles. The first-order valence-electron chi connectivity index (χ1n) is 8.37. The second-order valence-electron chi connectivity index (χ2n) is 6.50. The van der Waals surface area contributed by atoms with Crippen LogP contribution in [0.25, 0.3) is 0 Å². The van der Waals surface area contributed by atoms with E-state index in [-0.39, 0.29) is 23.8 Å². The predicted octanol–water partition coefficient (Wildman–Crippen LogP) is 1.35. The number of nitrogens with one attached hydrogen (secondary N) is 2. The van der Waals surface area contributed by atoms with Crippen LogP contribution in [-0.4, -0.2) is 36.1 Å². The zero-order chi connectivity index (χ0) is 15.1. The number of hydrogen-bond acceptors (Lipinski definition) is 3. The highest BCUT2D eigenvalue weighted by molar-refractivity contribution is 5.80. The zero-order valence-corrected chi connectivity index (χ0v) is 12.8. The molecule has 0 unspecified atom stereocenters. The first-order valence-corrected chi connectivity index (χ1v) is 8.37. The van der Waals surface area contributed by atoms with Crippen LogP contribution >= 0.6 is 0 Å². The molecule has 2 saturated carbocycles. The van der Waals surface area contributed by atoms with Crippen LogP contribution in [-0.2, 0) is 9.59 Å². The molecule has 0 aliphatic heterocycles. The van der Waals surface area contributed by atoms with Gasteiger partial charge in [-0.05, 0) is 44.4 Å². The number of carbonyl (C=O) groups excluding carboxylic acids is 2. The number of hydrogen-bond donors (Lipinski definition) is 3. The molecule has 21 heavy (non-hydrogen) atoms. The Labute approximate surface area is 126 Å². The van der Waals surface area contributed by atoms with Crippen LogP contribution < -0.4 is 10.6 Å². The lowest BCUT2D eigenvalue weighted by Crippen LogP contribution is -2.36. The van der Waals surface area contributed by atoms with Gasteiger partial charge in [0.1, 0.15) is 0 Å². The summed E-state index contributed by atoms with van der Waals surface area (Å²) in [6, 6.07) is 0. The third-order valence-corrected chi connectivity index (χ3v) is 4.78. The van der Waals surface area contributed by atoms with E-state index in [1.807, 2.05) is 0 Å². The van der Waals surface area contributed by atoms with Gasteiger partial charge in [-0.2, -0.15) is 0 Å². The van der Waals surface area contributed by atoms with Crippen LogP contribution in [0.3, 0.4) is 0 Å². The molecule has 5 heteroatoms. The SMILES string of the molecule is O=C(CCNC(=O)C1CCCC1)NCC1CCC(O)CC1. The van der Waals surface area contributed by atoms with E-state index in [9.17, 15) is 14.7 Å². The Hall–Kier alpha value is -1.10. The summed E-state index contributed by atoms with van der Waals surface area (Å²) >= 11 is 0. The molecular formula is C16H28N2O3. The molecule has 2 amide bonds. The molecule has 2 rings (SSSR count). The van der Waals surface area contributed by atoms with Gasteiger partial charge in [-0.3, -0.25) is 9.59 Å². The maximum Gasteiger partial charge on any atom is 0.223 e. The molecule has 0 heterocycles. The normalized spacial score (nSPS) is 26.5. The van der Waals surface area contributed by atoms with Crippen molar-refractivity contribution in [2.24, 2.45) is 11.8 Å². The van der Waals surface area contributed by atoms with Crippen LogP contribution in [0.4, 0.5) is 0 Å². The molecule has 0 atom stereocenters. The highest BCUT2D eigenvalue weighted by atomic mass is 16.3. The lowest BCUT2D eigenvalue weighted by Gasteiger charge is -2.25. The van der Waals surface area contributed by atoms with Gasteiger partial charge in [0.25, 0.3) is 0 Å². The van der Waals surface area contributed by atoms with Crippen molar-refractivity contribution in [3.8, 4) is 0 Å². The number of aliphatic hydroxyl groups is 1. The third kappa shape index (κ3) is 5.65. The van der Waals surface area contributed by atoms with Crippen molar-refractivity contribution in [1.29, 1.82) is 0 Å². The predicted molar refractivity (Wildman–Crippen MR) is 80.6 cm³/mol. The van der Waals surface area contributed by atoms with Crippen molar-refractivity contribution in [1.82, 2.24) is 10.6 Å². The summed E-state index contributed by atoms with van der Waals surface area (Å²) in [5.41, 5.74) is 0. The minimum atomic E-state index is -0.150. The van der Waals surface area contributed by atoms with Gasteiger partial charge in [0.2, 0.25) is 11.8 Å². The van der Waals surface area contributed by atoms with E-state index in [1.54, 1.807) is 0 Å². The molecule has 0 aromatic carbocycles. The first kappa shape index (κ1) is 16.3. The lowest BCUT2D eigenvalue weighted by molar-refractivity contribution is -0.125. The van der Waals surface area contributed by atoms with Gasteiger partial charge in [-0.1, -0.05) is 12.8 Å². The lowest BCUT2D eigenvalue weighted by atomic mass is 9.87. The Balaban J connectivity index is 1.52. The van der Waals surface area contributed by atoms with Crippen molar-refractivity contribution >= 4 is 11.8 Å². The van der Waals surface area contributed by atoms with E-state index in [2.05, 4.69) is 10.6 Å². The highest BCUT2D eigenvalue weighted by Gasteiger charge is 2.22. The molecule has 5 nitrogen and oxygen atoms in total. The monoisotopic (exact) mass is 296 g/mol. The van der Waals surface area contributed by atoms with Crippen LogP contribution in [0.2, 0.25) is 0 Å². The van der Waals surface area contributed by atoms with E-state index in [1.165, 1.54) is 0 Å². The molecule has 2 aliphatic rings. The maximum absolute atomic E-state index is 11.8. The number of carbonyl (C=O) groups is 2. The van der Waals surface area contributed by atoms with E-state index >= 15 is 0 Å². The fourth-order valence-corrected chi connectivity index (χ4v) is 3.33. The molecule has 0 spiro atoms. The Kier molecular flexibility index (Phi) is 6.49. The Morgan fingerprint density at radius 1 is 0.952 bits per heavy atom. The number of amides is 2. The fourth-order valence-electron chi connectivity index (χ4n) is 3.33. The topological polar surface area (TPSA) is 78.4 Å². The van der Waals surface area contributed by atoms with E-state index in [0.29, 0.717) is 25.4 Å². The van der Waals surface area contributed by atoms with Crippen molar-refractivity contribution in [2.45, 2.75) is 63.9 Å². The molecular weight excluding hydrogens is 268 g/mol. The summed E-state index contributed by atoms with van der Waals surface area (Å²) in [5, 5.41) is 15.2. The smallest absolute Gasteiger partial charge is 0.223 e. The molecule has 120 valence electrons. The second kappa shape index (κ2) is 8.37. The number of rotatable bonds is 6. The van der Waals surface area contributed by atoms with E-state index in [0.717, 1.165) is 51.4 Å². The Bertz CT molecular complexity index is 345. The quantitative estimate of drug-likeness (QED) is 0.692. The molecule has 0 aromatic rings. The first-order chi connectivity index (χ1) is 10.1. The van der Waals surface area contributed by atoms with Crippen molar-refractivity contribution in [3.63, 3.8) is 0 Å². The van der Waals surface area contributed by atoms with Gasteiger partial charge >= 0.3 is 0 Å². The van der Waals surface area contributed by atoms with Gasteiger partial charge in [0, 0.05) is 25.4 Å². The van der Waals surface area contributed by atoms with Crippen molar-refractivity contribution < 1.29 is 14.7 Å². The molecule has 0 bridgehead atoms. The maximum atomic E-state index is 11.8. The number of aliphatic hydroxyl groups excluding tert-OH is 1. The molecule has 0 radical (unpaired) electrons. The zero-order valence-electron chi connectivity index (χ0n) is 12.8. The summed E-state index contributed by atoms with van der Waals surface area (Å²) in [6.45, 7) is 1.13. The van der Waals surface area contributed by atoms with Gasteiger partial charge < -0.3 is 15.7 Å². The minimum Gasteiger partial charge on any atom is -0.393 e. The summed E-state index contributed by atoms with van der Waals surface area (Å²) in [4.78, 5) is 23.5. The van der Waals surface area contributed by atoms with Crippen molar-refractivity contribution in [2.75, 3.05) is 13.1 Å². The molecule has 0 aromatic heterocycles. The summed E-state index contributed by atoms with van der Waals surface area (Å²) in [6.07, 6.45) is 8.15. The van der Waals surface area contributed by atoms with Crippen LogP contribution in [0.5, 0.6) is 0 Å². The molecule has 0 saturated heterocycles. The minimum absolute atomic E-state index is 0.00726. The van der Waals surface area contributed by atoms with Crippen LogP contribution in [0, 0.1) is 11.8 Å². The van der Waals surface area contributed by atoms with Gasteiger partial charge in [0.05, 0.1) is 6.10 Å². The second-order valence-corrected chi connectivity index (χ2v) is 6.50. The van der Waals surface area contributed by atoms with E-state index in [4.69, 9.17) is 0 Å². The Morgan fingerprint density at radius 3 is 2.29 bits per heavy atom.